The van der Waals surface area contributed by atoms with Gasteiger partial charge in [-0.1, -0.05) is 29.8 Å². The van der Waals surface area contributed by atoms with Crippen molar-refractivity contribution in [2.45, 2.75) is 39.1 Å². The van der Waals surface area contributed by atoms with Crippen molar-refractivity contribution in [2.75, 3.05) is 20.3 Å². The first-order valence-corrected chi connectivity index (χ1v) is 9.88. The Hall–Kier alpha value is -2.28. The lowest BCUT2D eigenvalue weighted by atomic mass is 10.1. The van der Waals surface area contributed by atoms with Gasteiger partial charge in [0.25, 0.3) is 5.91 Å². The maximum absolute atomic E-state index is 12.0. The Bertz CT molecular complexity index is 779. The Labute approximate surface area is 176 Å². The van der Waals surface area contributed by atoms with Crippen LogP contribution in [0.15, 0.2) is 42.5 Å². The number of rotatable bonds is 11. The molecule has 0 aliphatic rings. The molecule has 6 nitrogen and oxygen atoms in total. The van der Waals surface area contributed by atoms with Gasteiger partial charge in [-0.15, -0.1) is 0 Å². The second-order valence-corrected chi connectivity index (χ2v) is 7.29. The maximum Gasteiger partial charge on any atom is 0.251 e. The number of hydrogen-bond acceptors (Lipinski definition) is 5. The molecule has 0 bridgehead atoms. The third-order valence-electron chi connectivity index (χ3n) is 4.06. The number of ether oxygens (including phenoxy) is 3. The van der Waals surface area contributed by atoms with E-state index in [1.165, 1.54) is 0 Å². The molecule has 0 aliphatic heterocycles. The van der Waals surface area contributed by atoms with E-state index in [4.69, 9.17) is 25.8 Å². The van der Waals surface area contributed by atoms with Gasteiger partial charge in [0.2, 0.25) is 0 Å². The topological polar surface area (TPSA) is 77.0 Å². The van der Waals surface area contributed by atoms with Crippen molar-refractivity contribution in [3.05, 3.63) is 58.6 Å². The Morgan fingerprint density at radius 2 is 1.79 bits per heavy atom. The van der Waals surface area contributed by atoms with E-state index in [0.29, 0.717) is 36.1 Å². The lowest BCUT2D eigenvalue weighted by molar-refractivity contribution is -0.132. The summed E-state index contributed by atoms with van der Waals surface area (Å²) < 4.78 is 16.5. The fourth-order valence-corrected chi connectivity index (χ4v) is 2.74. The minimum atomic E-state index is -1.22. The molecule has 0 fully saturated rings. The number of hydrogen-bond donors (Lipinski definition) is 2. The third-order valence-corrected chi connectivity index (χ3v) is 4.32. The largest absolute Gasteiger partial charge is 0.493 e. The molecule has 0 heterocycles. The van der Waals surface area contributed by atoms with Crippen molar-refractivity contribution in [3.8, 4) is 11.5 Å². The molecule has 2 aromatic rings. The van der Waals surface area contributed by atoms with Crippen LogP contribution in [0.5, 0.6) is 11.5 Å². The zero-order valence-electron chi connectivity index (χ0n) is 17.0. The highest BCUT2D eigenvalue weighted by atomic mass is 35.5. The number of carbonyl (C=O) groups excluding carboxylic acids is 1. The number of carbonyl (C=O) groups is 1. The van der Waals surface area contributed by atoms with Gasteiger partial charge in [0, 0.05) is 11.6 Å². The summed E-state index contributed by atoms with van der Waals surface area (Å²) in [4.78, 5) is 12.0. The summed E-state index contributed by atoms with van der Waals surface area (Å²) in [7, 11) is 1.59. The summed E-state index contributed by atoms with van der Waals surface area (Å²) >= 11 is 5.83. The summed E-state index contributed by atoms with van der Waals surface area (Å²) in [6.45, 7) is 4.51. The molecule has 1 atom stereocenters. The number of nitrogens with one attached hydrogen (secondary N) is 1. The van der Waals surface area contributed by atoms with E-state index in [0.717, 1.165) is 11.1 Å². The monoisotopic (exact) mass is 421 g/mol. The van der Waals surface area contributed by atoms with Crippen molar-refractivity contribution >= 4 is 17.5 Å². The Morgan fingerprint density at radius 3 is 2.45 bits per heavy atom. The molecular weight excluding hydrogens is 394 g/mol. The first-order valence-electron chi connectivity index (χ1n) is 9.50. The Kier molecular flexibility index (Phi) is 9.25. The van der Waals surface area contributed by atoms with Crippen LogP contribution >= 0.6 is 11.6 Å². The van der Waals surface area contributed by atoms with Crippen molar-refractivity contribution in [1.82, 2.24) is 5.32 Å². The second kappa shape index (κ2) is 11.7. The van der Waals surface area contributed by atoms with Crippen molar-refractivity contribution in [3.63, 3.8) is 0 Å². The summed E-state index contributed by atoms with van der Waals surface area (Å²) in [5.74, 6) is 0.870. The number of aliphatic hydroxyl groups is 1. The van der Waals surface area contributed by atoms with Crippen molar-refractivity contribution < 1.29 is 24.1 Å². The molecule has 2 N–H and O–H groups in total. The van der Waals surface area contributed by atoms with Gasteiger partial charge in [-0.25, -0.2) is 0 Å². The van der Waals surface area contributed by atoms with Crippen LogP contribution in [0.2, 0.25) is 5.02 Å². The van der Waals surface area contributed by atoms with Gasteiger partial charge >= 0.3 is 0 Å². The highest BCUT2D eigenvalue weighted by Gasteiger charge is 2.15. The van der Waals surface area contributed by atoms with Crippen LogP contribution in [0.25, 0.3) is 0 Å². The third kappa shape index (κ3) is 7.93. The zero-order chi connectivity index (χ0) is 21.2. The van der Waals surface area contributed by atoms with Crippen LogP contribution in [0, 0.1) is 0 Å². The first-order chi connectivity index (χ1) is 13.9. The molecule has 0 saturated heterocycles. The summed E-state index contributed by atoms with van der Waals surface area (Å²) in [5.41, 5.74) is 1.91. The van der Waals surface area contributed by atoms with Gasteiger partial charge in [0.1, 0.15) is 0 Å². The van der Waals surface area contributed by atoms with E-state index >= 15 is 0 Å². The predicted octanol–water partition coefficient (Wildman–Crippen LogP) is 3.37. The second-order valence-electron chi connectivity index (χ2n) is 6.85. The van der Waals surface area contributed by atoms with Crippen molar-refractivity contribution in [1.29, 1.82) is 0 Å². The molecule has 0 aliphatic carbocycles. The fraction of sp³-hybridized carbons (Fsp3) is 0.409. The minimum absolute atomic E-state index is 0.0532. The van der Waals surface area contributed by atoms with E-state index in [2.05, 4.69) is 5.32 Å². The molecule has 2 aromatic carbocycles. The lowest BCUT2D eigenvalue weighted by Gasteiger charge is -2.15. The molecule has 0 spiro atoms. The van der Waals surface area contributed by atoms with Gasteiger partial charge in [-0.3, -0.25) is 4.79 Å². The van der Waals surface area contributed by atoms with E-state index in [1.54, 1.807) is 19.2 Å². The molecule has 1 amide bonds. The average molecular weight is 422 g/mol. The van der Waals surface area contributed by atoms with E-state index in [9.17, 15) is 9.90 Å². The predicted molar refractivity (Wildman–Crippen MR) is 113 cm³/mol. The van der Waals surface area contributed by atoms with Gasteiger partial charge in [0.05, 0.1) is 26.4 Å². The SMILES string of the molecule is COc1cc(CCNC(=O)[C@H](O)COCc2ccc(Cl)cc2)ccc1OC(C)C. The number of halogens is 1. The number of amides is 1. The summed E-state index contributed by atoms with van der Waals surface area (Å²) in [5, 5.41) is 13.3. The Morgan fingerprint density at radius 1 is 1.10 bits per heavy atom. The highest BCUT2D eigenvalue weighted by molar-refractivity contribution is 6.30. The zero-order valence-corrected chi connectivity index (χ0v) is 17.7. The molecule has 0 saturated carbocycles. The van der Waals surface area contributed by atoms with Crippen LogP contribution in [-0.4, -0.2) is 43.5 Å². The van der Waals surface area contributed by atoms with Crippen LogP contribution in [-0.2, 0) is 22.6 Å². The van der Waals surface area contributed by atoms with Crippen molar-refractivity contribution in [2.24, 2.45) is 0 Å². The molecule has 0 unspecified atom stereocenters. The molecule has 0 radical (unpaired) electrons. The normalized spacial score (nSPS) is 11.9. The van der Waals surface area contributed by atoms with E-state index in [1.807, 2.05) is 44.2 Å². The van der Waals surface area contributed by atoms with Gasteiger partial charge in [-0.2, -0.15) is 0 Å². The number of aliphatic hydroxyl groups excluding tert-OH is 1. The Balaban J connectivity index is 1.73. The maximum atomic E-state index is 12.0. The first kappa shape index (κ1) is 23.0. The lowest BCUT2D eigenvalue weighted by Crippen LogP contribution is -2.38. The van der Waals surface area contributed by atoms with Crippen LogP contribution in [0.4, 0.5) is 0 Å². The van der Waals surface area contributed by atoms with Crippen LogP contribution in [0.1, 0.15) is 25.0 Å². The smallest absolute Gasteiger partial charge is 0.251 e. The molecular formula is C22H28ClNO5. The van der Waals surface area contributed by atoms with Gasteiger partial charge < -0.3 is 24.6 Å². The standard InChI is InChI=1S/C22H28ClNO5/c1-15(2)29-20-9-6-16(12-21(20)27-3)10-11-24-22(26)19(25)14-28-13-17-4-7-18(23)8-5-17/h4-9,12,15,19,25H,10-11,13-14H2,1-3H3,(H,24,26)/t19-/m1/s1. The number of methoxy groups -OCH3 is 1. The summed E-state index contributed by atoms with van der Waals surface area (Å²) in [6.07, 6.45) is -0.571. The van der Waals surface area contributed by atoms with Gasteiger partial charge in [-0.05, 0) is 55.7 Å². The fourth-order valence-electron chi connectivity index (χ4n) is 2.61. The average Bonchev–Trinajstić information content (AvgIpc) is 2.69. The van der Waals surface area contributed by atoms with Gasteiger partial charge in [0.15, 0.2) is 17.6 Å². The molecule has 0 aromatic heterocycles. The van der Waals surface area contributed by atoms with E-state index < -0.39 is 12.0 Å². The summed E-state index contributed by atoms with van der Waals surface area (Å²) in [6, 6.07) is 12.9. The minimum Gasteiger partial charge on any atom is -0.493 e. The number of benzene rings is 2. The van der Waals surface area contributed by atoms with Crippen LogP contribution < -0.4 is 14.8 Å². The van der Waals surface area contributed by atoms with Crippen LogP contribution in [0.3, 0.4) is 0 Å². The quantitative estimate of drug-likeness (QED) is 0.581. The molecule has 7 heteroatoms. The molecule has 2 rings (SSSR count). The van der Waals surface area contributed by atoms with E-state index in [-0.39, 0.29) is 12.7 Å². The molecule has 158 valence electrons. The highest BCUT2D eigenvalue weighted by Crippen LogP contribution is 2.29. The molecule has 29 heavy (non-hydrogen) atoms.